The fourth-order valence-electron chi connectivity index (χ4n) is 2.65. The summed E-state index contributed by atoms with van der Waals surface area (Å²) in [6, 6.07) is 8.73. The number of benzene rings is 2. The molecule has 0 bridgehead atoms. The number of hydrogen-bond acceptors (Lipinski definition) is 5. The summed E-state index contributed by atoms with van der Waals surface area (Å²) < 4.78 is 10.6. The minimum atomic E-state index is -0.928. The number of aromatic hydroxyl groups is 1. The summed E-state index contributed by atoms with van der Waals surface area (Å²) in [4.78, 5) is 23.2. The molecule has 27 heavy (non-hydrogen) atoms. The fourth-order valence-corrected chi connectivity index (χ4v) is 2.65. The number of carbonyl (C=O) groups is 2. The molecule has 0 heterocycles. The highest BCUT2D eigenvalue weighted by Crippen LogP contribution is 2.37. The monoisotopic (exact) mass is 371 g/mol. The largest absolute Gasteiger partial charge is 0.504 e. The van der Waals surface area contributed by atoms with E-state index in [4.69, 9.17) is 4.74 Å². The summed E-state index contributed by atoms with van der Waals surface area (Å²) in [6.07, 6.45) is 0. The first-order valence-electron chi connectivity index (χ1n) is 8.83. The van der Waals surface area contributed by atoms with Crippen molar-refractivity contribution >= 4 is 17.6 Å². The highest BCUT2D eigenvalue weighted by molar-refractivity contribution is 6.37. The van der Waals surface area contributed by atoms with Gasteiger partial charge in [0.05, 0.1) is 6.61 Å². The maximum Gasteiger partial charge on any atom is 0.397 e. The molecule has 2 rings (SSSR count). The summed E-state index contributed by atoms with van der Waals surface area (Å²) in [5.74, 6) is -0.449. The lowest BCUT2D eigenvalue weighted by atomic mass is 10.0. The van der Waals surface area contributed by atoms with Gasteiger partial charge in [0.15, 0.2) is 11.5 Å². The van der Waals surface area contributed by atoms with Crippen LogP contribution in [0, 0.1) is 13.8 Å². The molecule has 0 atom stereocenters. The van der Waals surface area contributed by atoms with Gasteiger partial charge in [0.2, 0.25) is 0 Å². The number of amides is 1. The first kappa shape index (κ1) is 20.3. The van der Waals surface area contributed by atoms with Crippen molar-refractivity contribution in [2.45, 2.75) is 40.5 Å². The molecule has 0 fully saturated rings. The molecule has 2 N–H and O–H groups in total. The first-order valence-corrected chi connectivity index (χ1v) is 8.83. The van der Waals surface area contributed by atoms with Crippen molar-refractivity contribution in [2.24, 2.45) is 0 Å². The van der Waals surface area contributed by atoms with Gasteiger partial charge in [-0.3, -0.25) is 4.79 Å². The SMILES string of the molecule is CCOC(=O)C(=O)Nc1cc(C)c(Oc2ccc(C(C)C)cc2O)c(C)c1. The highest BCUT2D eigenvalue weighted by atomic mass is 16.5. The van der Waals surface area contributed by atoms with Crippen LogP contribution in [0.3, 0.4) is 0 Å². The van der Waals surface area contributed by atoms with E-state index in [1.54, 1.807) is 31.2 Å². The number of phenols is 1. The first-order chi connectivity index (χ1) is 12.7. The maximum absolute atomic E-state index is 11.8. The van der Waals surface area contributed by atoms with Gasteiger partial charge in [-0.2, -0.15) is 0 Å². The zero-order chi connectivity index (χ0) is 20.1. The van der Waals surface area contributed by atoms with Crippen molar-refractivity contribution in [3.05, 3.63) is 47.0 Å². The van der Waals surface area contributed by atoms with Gasteiger partial charge in [0, 0.05) is 5.69 Å². The molecule has 0 aromatic heterocycles. The predicted molar refractivity (Wildman–Crippen MR) is 103 cm³/mol. The van der Waals surface area contributed by atoms with Crippen LogP contribution in [0.1, 0.15) is 43.4 Å². The third-order valence-electron chi connectivity index (χ3n) is 4.04. The minimum Gasteiger partial charge on any atom is -0.504 e. The summed E-state index contributed by atoms with van der Waals surface area (Å²) in [5.41, 5.74) is 2.99. The van der Waals surface area contributed by atoms with E-state index in [-0.39, 0.29) is 12.4 Å². The van der Waals surface area contributed by atoms with Gasteiger partial charge < -0.3 is 19.9 Å². The van der Waals surface area contributed by atoms with Crippen molar-refractivity contribution in [2.75, 3.05) is 11.9 Å². The molecule has 6 nitrogen and oxygen atoms in total. The number of nitrogens with one attached hydrogen (secondary N) is 1. The van der Waals surface area contributed by atoms with Gasteiger partial charge >= 0.3 is 11.9 Å². The summed E-state index contributed by atoms with van der Waals surface area (Å²) >= 11 is 0. The average molecular weight is 371 g/mol. The topological polar surface area (TPSA) is 84.9 Å². The molecule has 144 valence electrons. The van der Waals surface area contributed by atoms with Crippen molar-refractivity contribution in [1.82, 2.24) is 0 Å². The van der Waals surface area contributed by atoms with Crippen LogP contribution in [-0.4, -0.2) is 23.6 Å². The van der Waals surface area contributed by atoms with E-state index < -0.39 is 11.9 Å². The normalized spacial score (nSPS) is 10.6. The molecule has 0 aliphatic carbocycles. The van der Waals surface area contributed by atoms with Gasteiger partial charge in [-0.15, -0.1) is 0 Å². The van der Waals surface area contributed by atoms with Crippen LogP contribution in [0.2, 0.25) is 0 Å². The van der Waals surface area contributed by atoms with Crippen LogP contribution in [0.15, 0.2) is 30.3 Å². The van der Waals surface area contributed by atoms with Gasteiger partial charge in [0.1, 0.15) is 5.75 Å². The maximum atomic E-state index is 11.8. The van der Waals surface area contributed by atoms with Crippen molar-refractivity contribution in [1.29, 1.82) is 0 Å². The Morgan fingerprint density at radius 1 is 1.11 bits per heavy atom. The minimum absolute atomic E-state index is 0.0692. The number of carbonyl (C=O) groups excluding carboxylic acids is 2. The molecule has 0 radical (unpaired) electrons. The highest BCUT2D eigenvalue weighted by Gasteiger charge is 2.17. The molecular formula is C21H25NO5. The molecule has 6 heteroatoms. The van der Waals surface area contributed by atoms with E-state index in [9.17, 15) is 14.7 Å². The number of esters is 1. The lowest BCUT2D eigenvalue weighted by Crippen LogP contribution is -2.25. The Labute approximate surface area is 159 Å². The second-order valence-corrected chi connectivity index (χ2v) is 6.60. The van der Waals surface area contributed by atoms with Crippen molar-refractivity contribution < 1.29 is 24.2 Å². The number of ether oxygens (including phenoxy) is 2. The summed E-state index contributed by atoms with van der Waals surface area (Å²) in [6.45, 7) is 9.51. The van der Waals surface area contributed by atoms with Crippen LogP contribution in [-0.2, 0) is 14.3 Å². The Bertz CT molecular complexity index is 835. The zero-order valence-corrected chi connectivity index (χ0v) is 16.3. The van der Waals surface area contributed by atoms with Gasteiger partial charge in [0.25, 0.3) is 0 Å². The molecular weight excluding hydrogens is 346 g/mol. The molecule has 0 spiro atoms. The smallest absolute Gasteiger partial charge is 0.397 e. The standard InChI is InChI=1S/C21H25NO5/c1-6-26-21(25)20(24)22-16-9-13(4)19(14(5)10-16)27-18-8-7-15(12(2)3)11-17(18)23/h7-12,23H,6H2,1-5H3,(H,22,24). The zero-order valence-electron chi connectivity index (χ0n) is 16.3. The fraction of sp³-hybridized carbons (Fsp3) is 0.333. The lowest BCUT2D eigenvalue weighted by molar-refractivity contribution is -0.152. The van der Waals surface area contributed by atoms with Crippen LogP contribution in [0.25, 0.3) is 0 Å². The van der Waals surface area contributed by atoms with Crippen LogP contribution < -0.4 is 10.1 Å². The predicted octanol–water partition coefficient (Wildman–Crippen LogP) is 4.43. The second kappa shape index (κ2) is 8.58. The summed E-state index contributed by atoms with van der Waals surface area (Å²) in [5, 5.41) is 12.7. The number of hydrogen-bond donors (Lipinski definition) is 2. The van der Waals surface area contributed by atoms with Crippen LogP contribution in [0.5, 0.6) is 17.2 Å². The van der Waals surface area contributed by atoms with E-state index >= 15 is 0 Å². The molecule has 0 unspecified atom stereocenters. The molecule has 2 aromatic carbocycles. The number of anilines is 1. The van der Waals surface area contributed by atoms with Gasteiger partial charge in [-0.1, -0.05) is 19.9 Å². The molecule has 0 saturated carbocycles. The van der Waals surface area contributed by atoms with Crippen molar-refractivity contribution in [3.63, 3.8) is 0 Å². The number of rotatable bonds is 5. The Morgan fingerprint density at radius 2 is 1.74 bits per heavy atom. The second-order valence-electron chi connectivity index (χ2n) is 6.60. The Kier molecular flexibility index (Phi) is 6.45. The molecule has 0 aliphatic heterocycles. The van der Waals surface area contributed by atoms with Gasteiger partial charge in [-0.05, 0) is 67.6 Å². The lowest BCUT2D eigenvalue weighted by Gasteiger charge is -2.16. The van der Waals surface area contributed by atoms with Crippen molar-refractivity contribution in [3.8, 4) is 17.2 Å². The third-order valence-corrected chi connectivity index (χ3v) is 4.04. The van der Waals surface area contributed by atoms with E-state index in [1.165, 1.54) is 0 Å². The van der Waals surface area contributed by atoms with E-state index in [2.05, 4.69) is 10.1 Å². The Balaban J connectivity index is 2.22. The van der Waals surface area contributed by atoms with E-state index in [0.29, 0.717) is 23.1 Å². The quantitative estimate of drug-likeness (QED) is 0.600. The average Bonchev–Trinajstić information content (AvgIpc) is 2.59. The van der Waals surface area contributed by atoms with E-state index in [1.807, 2.05) is 33.8 Å². The molecule has 1 amide bonds. The molecule has 2 aromatic rings. The third kappa shape index (κ3) is 5.00. The van der Waals surface area contributed by atoms with Crippen LogP contribution in [0.4, 0.5) is 5.69 Å². The van der Waals surface area contributed by atoms with Crippen LogP contribution >= 0.6 is 0 Å². The van der Waals surface area contributed by atoms with Gasteiger partial charge in [-0.25, -0.2) is 4.79 Å². The van der Waals surface area contributed by atoms with E-state index in [0.717, 1.165) is 16.7 Å². The number of phenolic OH excluding ortho intramolecular Hbond substituents is 1. The number of aryl methyl sites for hydroxylation is 2. The Morgan fingerprint density at radius 3 is 2.26 bits per heavy atom. The summed E-state index contributed by atoms with van der Waals surface area (Å²) in [7, 11) is 0. The Hall–Kier alpha value is -3.02. The molecule has 0 saturated heterocycles. The molecule has 0 aliphatic rings.